The van der Waals surface area contributed by atoms with E-state index in [9.17, 15) is 23.2 Å². The zero-order valence-electron chi connectivity index (χ0n) is 11.5. The number of amides is 2. The number of rotatable bonds is 7. The van der Waals surface area contributed by atoms with E-state index in [0.29, 0.717) is 12.5 Å². The molecule has 7 heteroatoms. The van der Waals surface area contributed by atoms with Crippen LogP contribution in [0.15, 0.2) is 18.2 Å². The Kier molecular flexibility index (Phi) is 5.95. The molecule has 1 aromatic rings. The van der Waals surface area contributed by atoms with Gasteiger partial charge in [-0.1, -0.05) is 6.92 Å². The van der Waals surface area contributed by atoms with Gasteiger partial charge in [0.1, 0.15) is 23.5 Å². The lowest BCUT2D eigenvalue weighted by Crippen LogP contribution is -2.44. The molecule has 0 aliphatic rings. The number of benzene rings is 1. The predicted molar refractivity (Wildman–Crippen MR) is 71.3 cm³/mol. The number of nitrogens with one attached hydrogen (secondary N) is 1. The SMILES string of the molecule is CCC(=O)CC[C@H](NC(=O)c1cc(F)cc(F)c1)C(N)=O. The maximum absolute atomic E-state index is 13.0. The highest BCUT2D eigenvalue weighted by Gasteiger charge is 2.20. The smallest absolute Gasteiger partial charge is 0.252 e. The molecule has 5 nitrogen and oxygen atoms in total. The molecule has 114 valence electrons. The van der Waals surface area contributed by atoms with Gasteiger partial charge in [0.25, 0.3) is 5.91 Å². The molecule has 1 aromatic carbocycles. The Hall–Kier alpha value is -2.31. The van der Waals surface area contributed by atoms with Gasteiger partial charge in [0.15, 0.2) is 0 Å². The molecule has 0 heterocycles. The molecule has 0 radical (unpaired) electrons. The number of hydrogen-bond donors (Lipinski definition) is 2. The van der Waals surface area contributed by atoms with Gasteiger partial charge in [-0.05, 0) is 18.6 Å². The maximum Gasteiger partial charge on any atom is 0.252 e. The van der Waals surface area contributed by atoms with E-state index >= 15 is 0 Å². The van der Waals surface area contributed by atoms with Crippen molar-refractivity contribution in [3.8, 4) is 0 Å². The summed E-state index contributed by atoms with van der Waals surface area (Å²) < 4.78 is 26.1. The molecular formula is C14H16F2N2O3. The van der Waals surface area contributed by atoms with Gasteiger partial charge in [0, 0.05) is 24.5 Å². The van der Waals surface area contributed by atoms with E-state index in [-0.39, 0.29) is 24.2 Å². The third-order valence-corrected chi connectivity index (χ3v) is 2.88. The van der Waals surface area contributed by atoms with Crippen LogP contribution in [0, 0.1) is 11.6 Å². The van der Waals surface area contributed by atoms with E-state index in [0.717, 1.165) is 12.1 Å². The van der Waals surface area contributed by atoms with Crippen LogP contribution in [0.4, 0.5) is 8.78 Å². The van der Waals surface area contributed by atoms with Crippen LogP contribution in [-0.2, 0) is 9.59 Å². The molecule has 1 atom stereocenters. The first-order valence-electron chi connectivity index (χ1n) is 6.41. The van der Waals surface area contributed by atoms with Crippen molar-refractivity contribution >= 4 is 17.6 Å². The first-order valence-corrected chi connectivity index (χ1v) is 6.41. The molecule has 21 heavy (non-hydrogen) atoms. The fraction of sp³-hybridized carbons (Fsp3) is 0.357. The molecule has 3 N–H and O–H groups in total. The summed E-state index contributed by atoms with van der Waals surface area (Å²) in [6, 6.07) is 1.24. The highest BCUT2D eigenvalue weighted by atomic mass is 19.1. The summed E-state index contributed by atoms with van der Waals surface area (Å²) in [5, 5.41) is 2.27. The van der Waals surface area contributed by atoms with Gasteiger partial charge in [-0.3, -0.25) is 14.4 Å². The molecule has 1 rings (SSSR count). The van der Waals surface area contributed by atoms with E-state index in [1.54, 1.807) is 6.92 Å². The molecule has 2 amide bonds. The Bertz CT molecular complexity index is 541. The first kappa shape index (κ1) is 16.7. The molecule has 0 unspecified atom stereocenters. The minimum Gasteiger partial charge on any atom is -0.368 e. The molecule has 0 saturated carbocycles. The second-order valence-corrected chi connectivity index (χ2v) is 4.52. The van der Waals surface area contributed by atoms with Gasteiger partial charge in [-0.15, -0.1) is 0 Å². The molecule has 0 aromatic heterocycles. The van der Waals surface area contributed by atoms with E-state index in [1.165, 1.54) is 0 Å². The molecule has 0 bridgehead atoms. The second kappa shape index (κ2) is 7.47. The fourth-order valence-electron chi connectivity index (χ4n) is 1.69. The van der Waals surface area contributed by atoms with Crippen molar-refractivity contribution in [3.63, 3.8) is 0 Å². The Morgan fingerprint density at radius 2 is 1.76 bits per heavy atom. The van der Waals surface area contributed by atoms with Gasteiger partial charge < -0.3 is 11.1 Å². The second-order valence-electron chi connectivity index (χ2n) is 4.52. The predicted octanol–water partition coefficient (Wildman–Crippen LogP) is 1.31. The summed E-state index contributed by atoms with van der Waals surface area (Å²) in [6.07, 6.45) is 0.446. The van der Waals surface area contributed by atoms with Gasteiger partial charge in [-0.2, -0.15) is 0 Å². The van der Waals surface area contributed by atoms with Crippen molar-refractivity contribution in [2.75, 3.05) is 0 Å². The highest BCUT2D eigenvalue weighted by molar-refractivity contribution is 5.97. The summed E-state index contributed by atoms with van der Waals surface area (Å²) in [7, 11) is 0. The van der Waals surface area contributed by atoms with Gasteiger partial charge in [-0.25, -0.2) is 8.78 Å². The Labute approximate surface area is 120 Å². The topological polar surface area (TPSA) is 89.3 Å². The van der Waals surface area contributed by atoms with Gasteiger partial charge in [0.05, 0.1) is 0 Å². The minimum atomic E-state index is -1.07. The fourth-order valence-corrected chi connectivity index (χ4v) is 1.69. The monoisotopic (exact) mass is 298 g/mol. The van der Waals surface area contributed by atoms with Gasteiger partial charge in [0.2, 0.25) is 5.91 Å². The standard InChI is InChI=1S/C14H16F2N2O3/c1-2-11(19)3-4-12(13(17)20)18-14(21)8-5-9(15)7-10(16)6-8/h5-7,12H,2-4H2,1H3,(H2,17,20)(H,18,21)/t12-/m0/s1. The minimum absolute atomic E-state index is 0.0472. The molecule has 0 spiro atoms. The van der Waals surface area contributed by atoms with Crippen molar-refractivity contribution in [2.45, 2.75) is 32.2 Å². The molecular weight excluding hydrogens is 282 g/mol. The molecule has 0 aliphatic heterocycles. The Morgan fingerprint density at radius 3 is 2.24 bits per heavy atom. The van der Waals surface area contributed by atoms with Crippen LogP contribution < -0.4 is 11.1 Å². The number of carbonyl (C=O) groups is 3. The average Bonchev–Trinajstić information content (AvgIpc) is 2.41. The first-order chi connectivity index (χ1) is 9.83. The Morgan fingerprint density at radius 1 is 1.19 bits per heavy atom. The zero-order valence-corrected chi connectivity index (χ0v) is 11.5. The van der Waals surface area contributed by atoms with Gasteiger partial charge >= 0.3 is 0 Å². The van der Waals surface area contributed by atoms with Crippen LogP contribution in [-0.4, -0.2) is 23.6 Å². The number of hydrogen-bond acceptors (Lipinski definition) is 3. The third-order valence-electron chi connectivity index (χ3n) is 2.88. The summed E-state index contributed by atoms with van der Waals surface area (Å²) >= 11 is 0. The number of carbonyl (C=O) groups excluding carboxylic acids is 3. The molecule has 0 aliphatic carbocycles. The van der Waals surface area contributed by atoms with E-state index in [1.807, 2.05) is 0 Å². The van der Waals surface area contributed by atoms with Crippen LogP contribution in [0.5, 0.6) is 0 Å². The third kappa shape index (κ3) is 5.29. The van der Waals surface area contributed by atoms with E-state index in [4.69, 9.17) is 5.73 Å². The zero-order chi connectivity index (χ0) is 16.0. The molecule has 0 fully saturated rings. The van der Waals surface area contributed by atoms with Crippen LogP contribution in [0.3, 0.4) is 0 Å². The summed E-state index contributed by atoms with van der Waals surface area (Å²) in [6.45, 7) is 1.68. The average molecular weight is 298 g/mol. The van der Waals surface area contributed by atoms with Crippen LogP contribution in [0.1, 0.15) is 36.5 Å². The summed E-state index contributed by atoms with van der Waals surface area (Å²) in [5.41, 5.74) is 4.87. The van der Waals surface area contributed by atoms with Crippen molar-refractivity contribution in [1.82, 2.24) is 5.32 Å². The van der Waals surface area contributed by atoms with Crippen molar-refractivity contribution in [2.24, 2.45) is 5.73 Å². The number of primary amides is 1. The lowest BCUT2D eigenvalue weighted by Gasteiger charge is -2.15. The van der Waals surface area contributed by atoms with Crippen molar-refractivity contribution in [3.05, 3.63) is 35.4 Å². The Balaban J connectivity index is 2.76. The lowest BCUT2D eigenvalue weighted by atomic mass is 10.1. The van der Waals surface area contributed by atoms with Crippen LogP contribution in [0.2, 0.25) is 0 Å². The maximum atomic E-state index is 13.0. The van der Waals surface area contributed by atoms with Crippen LogP contribution >= 0.6 is 0 Å². The highest BCUT2D eigenvalue weighted by Crippen LogP contribution is 2.09. The van der Waals surface area contributed by atoms with Crippen molar-refractivity contribution < 1.29 is 23.2 Å². The summed E-state index contributed by atoms with van der Waals surface area (Å²) in [4.78, 5) is 34.3. The van der Waals surface area contributed by atoms with Crippen LogP contribution in [0.25, 0.3) is 0 Å². The normalized spacial score (nSPS) is 11.8. The number of ketones is 1. The lowest BCUT2D eigenvalue weighted by molar-refractivity contribution is -0.121. The van der Waals surface area contributed by atoms with E-state index in [2.05, 4.69) is 5.32 Å². The number of nitrogens with two attached hydrogens (primary N) is 1. The number of Topliss-reactive ketones (excluding diaryl/α,β-unsaturated/α-hetero) is 1. The largest absolute Gasteiger partial charge is 0.368 e. The summed E-state index contributed by atoms with van der Waals surface area (Å²) in [5.74, 6) is -3.54. The quantitative estimate of drug-likeness (QED) is 0.795. The van der Waals surface area contributed by atoms with E-state index < -0.39 is 29.5 Å². The number of halogens is 2. The molecule has 0 saturated heterocycles. The van der Waals surface area contributed by atoms with Crippen molar-refractivity contribution in [1.29, 1.82) is 0 Å².